The van der Waals surface area contributed by atoms with E-state index in [2.05, 4.69) is 46.5 Å². The van der Waals surface area contributed by atoms with Crippen molar-refractivity contribution in [3.8, 4) is 16.9 Å². The van der Waals surface area contributed by atoms with Crippen molar-refractivity contribution in [2.75, 3.05) is 5.32 Å². The Morgan fingerprint density at radius 3 is 2.48 bits per heavy atom. The van der Waals surface area contributed by atoms with Crippen molar-refractivity contribution in [2.45, 2.75) is 26.9 Å². The Morgan fingerprint density at radius 1 is 0.963 bits per heavy atom. The van der Waals surface area contributed by atoms with Gasteiger partial charge in [0.05, 0.1) is 17.2 Å². The van der Waals surface area contributed by atoms with E-state index in [4.69, 9.17) is 4.74 Å². The summed E-state index contributed by atoms with van der Waals surface area (Å²) in [6.07, 6.45) is 1.71. The summed E-state index contributed by atoms with van der Waals surface area (Å²) in [5.74, 6) is 1.61. The van der Waals surface area contributed by atoms with Gasteiger partial charge >= 0.3 is 0 Å². The Labute approximate surface area is 162 Å². The average molecular weight is 375 g/mol. The second kappa shape index (κ2) is 7.37. The van der Waals surface area contributed by atoms with Gasteiger partial charge in [-0.2, -0.15) is 0 Å². The zero-order chi connectivity index (χ0) is 18.8. The van der Waals surface area contributed by atoms with Crippen LogP contribution in [0.2, 0.25) is 0 Å². The third kappa shape index (κ3) is 3.51. The van der Waals surface area contributed by atoms with Gasteiger partial charge in [-0.05, 0) is 38.5 Å². The number of nitrogens with zero attached hydrogens (tertiary/aromatic N) is 2. The number of hydrogen-bond acceptors (Lipinski definition) is 5. The van der Waals surface area contributed by atoms with Gasteiger partial charge in [0.25, 0.3) is 0 Å². The molecule has 0 saturated carbocycles. The lowest BCUT2D eigenvalue weighted by Crippen LogP contribution is -2.07. The molecule has 0 aliphatic carbocycles. The molecule has 5 heteroatoms. The molecule has 4 aromatic rings. The number of thiophene rings is 1. The molecule has 0 spiro atoms. The number of para-hydroxylation sites is 2. The van der Waals surface area contributed by atoms with Crippen LogP contribution in [0.3, 0.4) is 0 Å². The molecule has 0 unspecified atom stereocenters. The molecule has 0 aliphatic heterocycles. The summed E-state index contributed by atoms with van der Waals surface area (Å²) in [5, 5.41) is 4.52. The van der Waals surface area contributed by atoms with E-state index in [1.54, 1.807) is 17.7 Å². The lowest BCUT2D eigenvalue weighted by atomic mass is 10.0. The molecule has 2 heterocycles. The molecule has 0 atom stereocenters. The van der Waals surface area contributed by atoms with Gasteiger partial charge in [0.15, 0.2) is 0 Å². The van der Waals surface area contributed by atoms with Gasteiger partial charge in [0.1, 0.15) is 22.7 Å². The van der Waals surface area contributed by atoms with Crippen molar-refractivity contribution in [3.63, 3.8) is 0 Å². The molecule has 0 fully saturated rings. The molecule has 0 saturated heterocycles. The molecule has 2 aromatic carbocycles. The Balaban J connectivity index is 1.85. The molecule has 4 rings (SSSR count). The lowest BCUT2D eigenvalue weighted by Gasteiger charge is -2.15. The molecule has 1 N–H and O–H groups in total. The normalized spacial score (nSPS) is 11.1. The highest BCUT2D eigenvalue weighted by Gasteiger charge is 2.17. The molecule has 4 nitrogen and oxygen atoms in total. The van der Waals surface area contributed by atoms with Gasteiger partial charge in [0.2, 0.25) is 0 Å². The molecule has 2 aromatic heterocycles. The summed E-state index contributed by atoms with van der Waals surface area (Å²) in [4.78, 5) is 11.3. The minimum Gasteiger partial charge on any atom is -0.489 e. The standard InChI is InChI=1S/C22H21N3OS/c1-14(2)26-18-12-8-7-11-17(18)25-21-20-19(16-9-5-4-6-10-16)15(3)27-22(20)24-13-23-21/h4-14H,1-3H3,(H,23,24,25). The highest BCUT2D eigenvalue weighted by Crippen LogP contribution is 2.41. The van der Waals surface area contributed by atoms with Crippen molar-refractivity contribution in [2.24, 2.45) is 0 Å². The first kappa shape index (κ1) is 17.5. The van der Waals surface area contributed by atoms with Gasteiger partial charge in [-0.3, -0.25) is 0 Å². The molecular weight excluding hydrogens is 354 g/mol. The van der Waals surface area contributed by atoms with E-state index < -0.39 is 0 Å². The monoisotopic (exact) mass is 375 g/mol. The van der Waals surface area contributed by atoms with Crippen LogP contribution in [0.4, 0.5) is 11.5 Å². The van der Waals surface area contributed by atoms with E-state index in [9.17, 15) is 0 Å². The number of fused-ring (bicyclic) bond motifs is 1. The zero-order valence-corrected chi connectivity index (χ0v) is 16.4. The second-order valence-corrected chi connectivity index (χ2v) is 7.79. The largest absolute Gasteiger partial charge is 0.489 e. The summed E-state index contributed by atoms with van der Waals surface area (Å²) in [6.45, 7) is 6.18. The molecule has 27 heavy (non-hydrogen) atoms. The maximum absolute atomic E-state index is 5.95. The third-order valence-electron chi connectivity index (χ3n) is 4.23. The molecule has 0 amide bonds. The van der Waals surface area contributed by atoms with Gasteiger partial charge in [-0.1, -0.05) is 42.5 Å². The Hall–Kier alpha value is -2.92. The minimum absolute atomic E-state index is 0.0987. The lowest BCUT2D eigenvalue weighted by molar-refractivity contribution is 0.244. The van der Waals surface area contributed by atoms with Crippen LogP contribution in [0.5, 0.6) is 5.75 Å². The van der Waals surface area contributed by atoms with Crippen molar-refractivity contribution in [3.05, 3.63) is 65.8 Å². The first-order valence-corrected chi connectivity index (χ1v) is 9.77. The van der Waals surface area contributed by atoms with Crippen LogP contribution >= 0.6 is 11.3 Å². The summed E-state index contributed by atoms with van der Waals surface area (Å²) < 4.78 is 5.95. The minimum atomic E-state index is 0.0987. The van der Waals surface area contributed by atoms with Crippen LogP contribution in [-0.4, -0.2) is 16.1 Å². The maximum atomic E-state index is 5.95. The van der Waals surface area contributed by atoms with Crippen LogP contribution in [-0.2, 0) is 0 Å². The van der Waals surface area contributed by atoms with E-state index in [1.807, 2.05) is 44.2 Å². The second-order valence-electron chi connectivity index (χ2n) is 6.59. The van der Waals surface area contributed by atoms with Crippen LogP contribution in [0.1, 0.15) is 18.7 Å². The Bertz CT molecular complexity index is 1070. The fourth-order valence-electron chi connectivity index (χ4n) is 3.15. The smallest absolute Gasteiger partial charge is 0.143 e. The molecule has 136 valence electrons. The Kier molecular flexibility index (Phi) is 4.77. The quantitative estimate of drug-likeness (QED) is 0.451. The summed E-state index contributed by atoms with van der Waals surface area (Å²) in [5.41, 5.74) is 3.25. The summed E-state index contributed by atoms with van der Waals surface area (Å²) >= 11 is 1.69. The van der Waals surface area contributed by atoms with E-state index >= 15 is 0 Å². The SMILES string of the molecule is Cc1sc2ncnc(Nc3ccccc3OC(C)C)c2c1-c1ccccc1. The number of benzene rings is 2. The van der Waals surface area contributed by atoms with Crippen LogP contribution in [0.15, 0.2) is 60.9 Å². The van der Waals surface area contributed by atoms with Crippen molar-refractivity contribution in [1.29, 1.82) is 0 Å². The average Bonchev–Trinajstić information content (AvgIpc) is 3.00. The third-order valence-corrected chi connectivity index (χ3v) is 5.24. The number of aryl methyl sites for hydroxylation is 1. The van der Waals surface area contributed by atoms with Crippen LogP contribution in [0.25, 0.3) is 21.3 Å². The van der Waals surface area contributed by atoms with Gasteiger partial charge in [-0.25, -0.2) is 9.97 Å². The number of nitrogens with one attached hydrogen (secondary N) is 1. The summed E-state index contributed by atoms with van der Waals surface area (Å²) in [6, 6.07) is 18.3. The highest BCUT2D eigenvalue weighted by atomic mass is 32.1. The maximum Gasteiger partial charge on any atom is 0.143 e. The number of ether oxygens (including phenoxy) is 1. The number of rotatable bonds is 5. The highest BCUT2D eigenvalue weighted by molar-refractivity contribution is 7.19. The van der Waals surface area contributed by atoms with E-state index in [1.165, 1.54) is 16.0 Å². The first-order chi connectivity index (χ1) is 13.1. The molecule has 0 bridgehead atoms. The van der Waals surface area contributed by atoms with Crippen molar-refractivity contribution in [1.82, 2.24) is 9.97 Å². The fraction of sp³-hybridized carbons (Fsp3) is 0.182. The van der Waals surface area contributed by atoms with Crippen LogP contribution in [0, 0.1) is 6.92 Å². The van der Waals surface area contributed by atoms with E-state index in [-0.39, 0.29) is 6.10 Å². The Morgan fingerprint density at radius 2 is 1.70 bits per heavy atom. The first-order valence-electron chi connectivity index (χ1n) is 8.95. The number of hydrogen-bond donors (Lipinski definition) is 1. The predicted molar refractivity (Wildman–Crippen MR) is 113 cm³/mol. The van der Waals surface area contributed by atoms with E-state index in [0.29, 0.717) is 0 Å². The van der Waals surface area contributed by atoms with Crippen molar-refractivity contribution >= 4 is 33.1 Å². The number of anilines is 2. The fourth-order valence-corrected chi connectivity index (χ4v) is 4.16. The zero-order valence-electron chi connectivity index (χ0n) is 15.6. The van der Waals surface area contributed by atoms with Gasteiger partial charge < -0.3 is 10.1 Å². The summed E-state index contributed by atoms with van der Waals surface area (Å²) in [7, 11) is 0. The van der Waals surface area contributed by atoms with E-state index in [0.717, 1.165) is 27.5 Å². The van der Waals surface area contributed by atoms with Gasteiger partial charge in [0, 0.05) is 10.4 Å². The van der Waals surface area contributed by atoms with Crippen LogP contribution < -0.4 is 10.1 Å². The van der Waals surface area contributed by atoms with Crippen molar-refractivity contribution < 1.29 is 4.74 Å². The molecule has 0 aliphatic rings. The molecule has 0 radical (unpaired) electrons. The predicted octanol–water partition coefficient (Wildman–Crippen LogP) is 6.20. The van der Waals surface area contributed by atoms with Gasteiger partial charge in [-0.15, -0.1) is 11.3 Å². The molecular formula is C22H21N3OS. The topological polar surface area (TPSA) is 47.0 Å². The number of aromatic nitrogens is 2.